The minimum Gasteiger partial charge on any atom is -0.451 e. The van der Waals surface area contributed by atoms with E-state index in [0.717, 1.165) is 15.2 Å². The first-order valence-corrected chi connectivity index (χ1v) is 13.0. The summed E-state index contributed by atoms with van der Waals surface area (Å²) in [4.78, 5) is 12.8. The molecule has 0 radical (unpaired) electrons. The summed E-state index contributed by atoms with van der Waals surface area (Å²) in [6.07, 6.45) is 0. The van der Waals surface area contributed by atoms with Gasteiger partial charge in [-0.1, -0.05) is 24.3 Å². The van der Waals surface area contributed by atoms with Crippen LogP contribution >= 0.6 is 23.1 Å². The summed E-state index contributed by atoms with van der Waals surface area (Å²) in [5, 5.41) is 5.62. The average molecular weight is 467 g/mol. The molecule has 0 unspecified atom stereocenters. The summed E-state index contributed by atoms with van der Waals surface area (Å²) in [6.45, 7) is 1.52. The molecular formula is C20H22N2O5S3. The van der Waals surface area contributed by atoms with Crippen LogP contribution in [0.1, 0.15) is 16.1 Å². The van der Waals surface area contributed by atoms with E-state index in [1.807, 2.05) is 41.8 Å². The van der Waals surface area contributed by atoms with Crippen LogP contribution in [-0.4, -0.2) is 57.2 Å². The fourth-order valence-electron chi connectivity index (χ4n) is 3.24. The number of benzene rings is 1. The number of ether oxygens (including phenoxy) is 1. The normalized spacial score (nSPS) is 15.5. The number of thiophene rings is 1. The van der Waals surface area contributed by atoms with E-state index in [-0.39, 0.29) is 18.1 Å². The quantitative estimate of drug-likeness (QED) is 0.513. The van der Waals surface area contributed by atoms with Crippen molar-refractivity contribution in [3.8, 4) is 0 Å². The molecule has 1 N–H and O–H groups in total. The molecule has 1 saturated heterocycles. The topological polar surface area (TPSA) is 88.9 Å². The summed E-state index contributed by atoms with van der Waals surface area (Å²) >= 11 is 3.29. The lowest BCUT2D eigenvalue weighted by molar-refractivity contribution is 0.0730. The first kappa shape index (κ1) is 21.4. The monoisotopic (exact) mass is 466 g/mol. The number of nitrogens with zero attached hydrogens (tertiary/aromatic N) is 1. The Bertz CT molecular complexity index is 1100. The summed E-state index contributed by atoms with van der Waals surface area (Å²) in [6, 6.07) is 11.6. The van der Waals surface area contributed by atoms with Crippen LogP contribution in [0.15, 0.2) is 50.4 Å². The average Bonchev–Trinajstić information content (AvgIpc) is 3.40. The van der Waals surface area contributed by atoms with Gasteiger partial charge >= 0.3 is 0 Å². The molecule has 7 nitrogen and oxygen atoms in total. The van der Waals surface area contributed by atoms with Gasteiger partial charge in [0, 0.05) is 36.3 Å². The molecule has 160 valence electrons. The van der Waals surface area contributed by atoms with Crippen LogP contribution in [0.3, 0.4) is 0 Å². The number of thioether (sulfide) groups is 1. The van der Waals surface area contributed by atoms with Crippen molar-refractivity contribution in [1.82, 2.24) is 9.62 Å². The zero-order valence-corrected chi connectivity index (χ0v) is 18.7. The minimum absolute atomic E-state index is 0.0209. The number of fused-ring (bicyclic) bond motifs is 1. The van der Waals surface area contributed by atoms with Crippen molar-refractivity contribution in [3.05, 3.63) is 53.1 Å². The van der Waals surface area contributed by atoms with Crippen molar-refractivity contribution < 1.29 is 22.4 Å². The van der Waals surface area contributed by atoms with Crippen molar-refractivity contribution in [2.24, 2.45) is 0 Å². The number of furan rings is 1. The molecule has 0 aliphatic carbocycles. The maximum atomic E-state index is 12.8. The molecule has 3 aromatic rings. The Morgan fingerprint density at radius 2 is 1.97 bits per heavy atom. The van der Waals surface area contributed by atoms with Gasteiger partial charge in [-0.25, -0.2) is 8.42 Å². The highest BCUT2D eigenvalue weighted by Crippen LogP contribution is 2.33. The summed E-state index contributed by atoms with van der Waals surface area (Å²) in [7, 11) is -3.43. The molecule has 0 atom stereocenters. The Morgan fingerprint density at radius 3 is 2.73 bits per heavy atom. The van der Waals surface area contributed by atoms with Crippen molar-refractivity contribution in [3.63, 3.8) is 0 Å². The zero-order chi connectivity index (χ0) is 21.0. The second-order valence-electron chi connectivity index (χ2n) is 6.71. The number of hydrogen-bond donors (Lipinski definition) is 1. The molecule has 1 fully saturated rings. The third-order valence-electron chi connectivity index (χ3n) is 4.77. The first-order valence-electron chi connectivity index (χ1n) is 9.55. The summed E-state index contributed by atoms with van der Waals surface area (Å²) in [5.41, 5.74) is 1.46. The molecular weight excluding hydrogens is 444 g/mol. The lowest BCUT2D eigenvalue weighted by Gasteiger charge is -2.25. The summed E-state index contributed by atoms with van der Waals surface area (Å²) in [5.74, 6) is 0.277. The first-order chi connectivity index (χ1) is 14.5. The predicted molar refractivity (Wildman–Crippen MR) is 119 cm³/mol. The van der Waals surface area contributed by atoms with E-state index in [4.69, 9.17) is 9.15 Å². The van der Waals surface area contributed by atoms with Crippen molar-refractivity contribution >= 4 is 50.0 Å². The summed E-state index contributed by atoms with van der Waals surface area (Å²) < 4.78 is 38.5. The van der Waals surface area contributed by atoms with Gasteiger partial charge in [-0.15, -0.1) is 23.1 Å². The Balaban J connectivity index is 1.45. The van der Waals surface area contributed by atoms with E-state index in [1.165, 1.54) is 4.31 Å². The Morgan fingerprint density at radius 1 is 1.17 bits per heavy atom. The van der Waals surface area contributed by atoms with Crippen molar-refractivity contribution in [1.29, 1.82) is 0 Å². The van der Waals surface area contributed by atoms with Crippen LogP contribution < -0.4 is 5.32 Å². The molecule has 1 amide bonds. The van der Waals surface area contributed by atoms with Gasteiger partial charge in [-0.3, -0.25) is 4.79 Å². The molecule has 4 rings (SSSR count). The number of para-hydroxylation sites is 1. The zero-order valence-electron chi connectivity index (χ0n) is 16.2. The molecule has 10 heteroatoms. The number of amides is 1. The van der Waals surface area contributed by atoms with Crippen molar-refractivity contribution in [2.75, 3.05) is 38.6 Å². The van der Waals surface area contributed by atoms with Gasteiger partial charge < -0.3 is 14.5 Å². The fraction of sp³-hybridized carbons (Fsp3) is 0.350. The van der Waals surface area contributed by atoms with Crippen LogP contribution in [0, 0.1) is 0 Å². The third-order valence-corrected chi connectivity index (χ3v) is 8.80. The van der Waals surface area contributed by atoms with Gasteiger partial charge in [0.2, 0.25) is 10.0 Å². The van der Waals surface area contributed by atoms with Crippen LogP contribution in [-0.2, 0) is 20.5 Å². The maximum Gasteiger partial charge on any atom is 0.287 e. The largest absolute Gasteiger partial charge is 0.451 e. The molecule has 1 aliphatic heterocycles. The molecule has 30 heavy (non-hydrogen) atoms. The highest BCUT2D eigenvalue weighted by atomic mass is 32.2. The minimum atomic E-state index is -3.43. The van der Waals surface area contributed by atoms with Gasteiger partial charge in [0.1, 0.15) is 5.58 Å². The molecule has 0 bridgehead atoms. The predicted octanol–water partition coefficient (Wildman–Crippen LogP) is 3.18. The van der Waals surface area contributed by atoms with E-state index >= 15 is 0 Å². The number of nitrogens with one attached hydrogen (secondary N) is 1. The lowest BCUT2D eigenvalue weighted by atomic mass is 10.1. The molecule has 3 heterocycles. The number of sulfonamides is 1. The maximum absolute atomic E-state index is 12.8. The van der Waals surface area contributed by atoms with Crippen LogP contribution in [0.4, 0.5) is 0 Å². The van der Waals surface area contributed by atoms with Crippen LogP contribution in [0.2, 0.25) is 0 Å². The van der Waals surface area contributed by atoms with Crippen molar-refractivity contribution in [2.45, 2.75) is 9.96 Å². The Kier molecular flexibility index (Phi) is 6.79. The molecule has 0 spiro atoms. The molecule has 1 aliphatic rings. The van der Waals surface area contributed by atoms with E-state index in [9.17, 15) is 13.2 Å². The standard InChI is InChI=1S/C20H22N2O5S3/c23-20(21-7-13-30(24,25)22-8-10-26-11-9-22)19-16(14-29-18-6-3-12-28-18)15-4-1-2-5-17(15)27-19/h1-6,12H,7-11,13-14H2,(H,21,23). The Labute approximate surface area is 183 Å². The van der Waals surface area contributed by atoms with E-state index in [0.29, 0.717) is 37.6 Å². The van der Waals surface area contributed by atoms with Crippen LogP contribution in [0.5, 0.6) is 0 Å². The molecule has 1 aromatic carbocycles. The van der Waals surface area contributed by atoms with E-state index < -0.39 is 15.9 Å². The van der Waals surface area contributed by atoms with E-state index in [2.05, 4.69) is 5.32 Å². The van der Waals surface area contributed by atoms with Gasteiger partial charge in [0.25, 0.3) is 5.91 Å². The number of rotatable bonds is 8. The van der Waals surface area contributed by atoms with Gasteiger partial charge in [0.05, 0.1) is 23.2 Å². The second kappa shape index (κ2) is 9.52. The van der Waals surface area contributed by atoms with Crippen LogP contribution in [0.25, 0.3) is 11.0 Å². The van der Waals surface area contributed by atoms with E-state index in [1.54, 1.807) is 23.1 Å². The highest BCUT2D eigenvalue weighted by molar-refractivity contribution is 8.00. The Hall–Kier alpha value is -1.85. The number of morpholine rings is 1. The van der Waals surface area contributed by atoms with Gasteiger partial charge in [-0.2, -0.15) is 4.31 Å². The fourth-order valence-corrected chi connectivity index (χ4v) is 6.38. The smallest absolute Gasteiger partial charge is 0.287 e. The second-order valence-corrected chi connectivity index (χ2v) is 11.0. The third kappa shape index (κ3) is 4.89. The number of carbonyl (C=O) groups is 1. The van der Waals surface area contributed by atoms with Gasteiger partial charge in [0.15, 0.2) is 5.76 Å². The molecule has 0 saturated carbocycles. The number of hydrogen-bond acceptors (Lipinski definition) is 7. The lowest BCUT2D eigenvalue weighted by Crippen LogP contribution is -2.43. The number of carbonyl (C=O) groups excluding carboxylic acids is 1. The highest BCUT2D eigenvalue weighted by Gasteiger charge is 2.25. The SMILES string of the molecule is O=C(NCCS(=O)(=O)N1CCOCC1)c1oc2ccccc2c1CSc1cccs1. The molecule has 2 aromatic heterocycles. The van der Waals surface area contributed by atoms with Gasteiger partial charge in [-0.05, 0) is 17.5 Å².